The van der Waals surface area contributed by atoms with E-state index in [0.29, 0.717) is 17.8 Å². The van der Waals surface area contributed by atoms with Gasteiger partial charge in [0.15, 0.2) is 17.7 Å². The summed E-state index contributed by atoms with van der Waals surface area (Å²) in [5.41, 5.74) is -0.0907. The summed E-state index contributed by atoms with van der Waals surface area (Å²) in [5, 5.41) is 4.28. The quantitative estimate of drug-likeness (QED) is 0.154. The van der Waals surface area contributed by atoms with Crippen LogP contribution in [0.25, 0.3) is 34.2 Å². The third-order valence-electron chi connectivity index (χ3n) is 6.17. The van der Waals surface area contributed by atoms with E-state index in [0.717, 1.165) is 6.07 Å². The summed E-state index contributed by atoms with van der Waals surface area (Å²) >= 11 is 0. The summed E-state index contributed by atoms with van der Waals surface area (Å²) < 4.78 is 67.9. The van der Waals surface area contributed by atoms with Crippen LogP contribution in [0.15, 0.2) is 67.3 Å². The van der Waals surface area contributed by atoms with Crippen LogP contribution in [0, 0.1) is 5.82 Å². The number of aromatic nitrogens is 6. The maximum atomic E-state index is 14.3. The Balaban J connectivity index is 1.51. The van der Waals surface area contributed by atoms with Gasteiger partial charge < -0.3 is 9.47 Å². The molecule has 2 aromatic carbocycles. The predicted octanol–water partition coefficient (Wildman–Crippen LogP) is 6.00. The minimum atomic E-state index is -4.69. The normalized spacial score (nSPS) is 12.3. The molecule has 0 spiro atoms. The Bertz CT molecular complexity index is 1670. The lowest BCUT2D eigenvalue weighted by atomic mass is 10.1. The minimum Gasteiger partial charge on any atom is -0.494 e. The lowest BCUT2D eigenvalue weighted by Gasteiger charge is -2.19. The number of halogens is 4. The van der Waals surface area contributed by atoms with Crippen LogP contribution in [0.4, 0.5) is 17.6 Å². The van der Waals surface area contributed by atoms with E-state index in [1.165, 1.54) is 47.7 Å². The van der Waals surface area contributed by atoms with Crippen molar-refractivity contribution in [2.24, 2.45) is 0 Å². The summed E-state index contributed by atoms with van der Waals surface area (Å²) in [6.07, 6.45) is 1.25. The molecule has 1 unspecified atom stereocenters. The topological polar surface area (TPSA) is 105 Å². The van der Waals surface area contributed by atoms with Crippen LogP contribution < -0.4 is 4.74 Å². The van der Waals surface area contributed by atoms with Crippen molar-refractivity contribution in [1.29, 1.82) is 0 Å². The summed E-state index contributed by atoms with van der Waals surface area (Å²) in [5.74, 6) is -1.16. The zero-order valence-electron chi connectivity index (χ0n) is 22.5. The highest BCUT2D eigenvalue weighted by atomic mass is 19.4. The fourth-order valence-corrected chi connectivity index (χ4v) is 4.24. The first-order valence-corrected chi connectivity index (χ1v) is 13.0. The highest BCUT2D eigenvalue weighted by molar-refractivity contribution is 5.78. The van der Waals surface area contributed by atoms with Crippen molar-refractivity contribution in [3.05, 3.63) is 84.2 Å². The lowest BCUT2D eigenvalue weighted by molar-refractivity contribution is -0.146. The number of hydrogen-bond donors (Lipinski definition) is 0. The summed E-state index contributed by atoms with van der Waals surface area (Å²) in [6, 6.07) is 8.43. The number of hydrogen-bond acceptors (Lipinski definition) is 8. The predicted molar refractivity (Wildman–Crippen MR) is 143 cm³/mol. The number of esters is 1. The molecule has 42 heavy (non-hydrogen) atoms. The monoisotopic (exact) mass is 580 g/mol. The molecule has 1 atom stereocenters. The summed E-state index contributed by atoms with van der Waals surface area (Å²) in [6.45, 7) is 3.81. The summed E-state index contributed by atoms with van der Waals surface area (Å²) in [7, 11) is 0. The highest BCUT2D eigenvalue weighted by Gasteiger charge is 2.35. The fraction of sp³-hybridized carbons (Fsp3) is 0.241. The van der Waals surface area contributed by atoms with E-state index in [-0.39, 0.29) is 47.3 Å². The molecule has 0 saturated heterocycles. The Labute approximate surface area is 237 Å². The van der Waals surface area contributed by atoms with E-state index >= 15 is 0 Å². The van der Waals surface area contributed by atoms with E-state index in [4.69, 9.17) is 9.47 Å². The second-order valence-corrected chi connectivity index (χ2v) is 9.10. The molecule has 0 saturated carbocycles. The van der Waals surface area contributed by atoms with Gasteiger partial charge in [0.05, 0.1) is 36.7 Å². The van der Waals surface area contributed by atoms with E-state index in [1.54, 1.807) is 25.1 Å². The van der Waals surface area contributed by atoms with Gasteiger partial charge in [0, 0.05) is 23.5 Å². The van der Waals surface area contributed by atoms with E-state index in [2.05, 4.69) is 25.0 Å². The van der Waals surface area contributed by atoms with Gasteiger partial charge in [-0.15, -0.1) is 0 Å². The molecule has 3 aromatic rings. The smallest absolute Gasteiger partial charge is 0.417 e. The van der Waals surface area contributed by atoms with Gasteiger partial charge in [-0.25, -0.2) is 29.1 Å². The second-order valence-electron chi connectivity index (χ2n) is 9.10. The van der Waals surface area contributed by atoms with Crippen LogP contribution in [-0.2, 0) is 15.7 Å². The molecule has 0 aliphatic carbocycles. The van der Waals surface area contributed by atoms with E-state index in [1.807, 2.05) is 6.92 Å². The standard InChI is InChI=1S/C29H24F4N6O3/c1-3-11-42-18-9-10-19(21(12-18)29(31,32)33)26-34-13-17(14-35-26)25(28(40)41-4-2)39-16-24-23(15-36-39)37-27(38-24)20-7-5-6-8-22(20)30/h5-10,12-16,25H,3-4,11H2,1-2H3. The SMILES string of the molecule is CCCOc1ccc(-c2ncc(C(C(=O)OCC)n3cc4nc(-c5ccccc5F)nc-4cn3)cn2)c(C(F)(F)F)c1. The molecule has 1 aromatic heterocycles. The van der Waals surface area contributed by atoms with Gasteiger partial charge in [-0.1, -0.05) is 19.1 Å². The van der Waals surface area contributed by atoms with Crippen molar-refractivity contribution in [3.8, 4) is 39.9 Å². The van der Waals surface area contributed by atoms with Crippen LogP contribution in [0.1, 0.15) is 37.4 Å². The second kappa shape index (κ2) is 11.9. The number of nitrogens with zero attached hydrogens (tertiary/aromatic N) is 6. The number of benzene rings is 2. The van der Waals surface area contributed by atoms with Crippen molar-refractivity contribution in [2.45, 2.75) is 32.5 Å². The Morgan fingerprint density at radius 2 is 1.69 bits per heavy atom. The number of ether oxygens (including phenoxy) is 2. The number of imidazole rings is 1. The molecule has 216 valence electrons. The van der Waals surface area contributed by atoms with Gasteiger partial charge in [-0.2, -0.15) is 18.3 Å². The molecule has 0 fully saturated rings. The molecule has 0 bridgehead atoms. The Hall–Kier alpha value is -4.94. The molecule has 3 heterocycles. The first-order chi connectivity index (χ1) is 20.2. The molecule has 2 aliphatic heterocycles. The van der Waals surface area contributed by atoms with Gasteiger partial charge in [0.25, 0.3) is 0 Å². The van der Waals surface area contributed by atoms with Crippen LogP contribution >= 0.6 is 0 Å². The number of rotatable bonds is 9. The number of fused-ring (bicyclic) bond motifs is 1. The van der Waals surface area contributed by atoms with Gasteiger partial charge >= 0.3 is 12.1 Å². The third-order valence-corrected chi connectivity index (χ3v) is 6.17. The first-order valence-electron chi connectivity index (χ1n) is 13.0. The maximum absolute atomic E-state index is 14.3. The Morgan fingerprint density at radius 3 is 2.38 bits per heavy atom. The van der Waals surface area contributed by atoms with Crippen molar-refractivity contribution >= 4 is 5.97 Å². The van der Waals surface area contributed by atoms with Gasteiger partial charge in [0.2, 0.25) is 0 Å². The Morgan fingerprint density at radius 1 is 0.952 bits per heavy atom. The summed E-state index contributed by atoms with van der Waals surface area (Å²) in [4.78, 5) is 30.0. The average Bonchev–Trinajstić information content (AvgIpc) is 3.40. The van der Waals surface area contributed by atoms with Crippen LogP contribution in [0.2, 0.25) is 0 Å². The van der Waals surface area contributed by atoms with Crippen LogP contribution in [-0.4, -0.2) is 48.9 Å². The Kier molecular flexibility index (Phi) is 8.09. The molecule has 13 heteroatoms. The van der Waals surface area contributed by atoms with Crippen molar-refractivity contribution in [2.75, 3.05) is 13.2 Å². The van der Waals surface area contributed by atoms with Crippen molar-refractivity contribution in [1.82, 2.24) is 29.7 Å². The molecule has 0 radical (unpaired) electrons. The number of carbonyl (C=O) groups excluding carboxylic acids is 1. The zero-order chi connectivity index (χ0) is 29.9. The van der Waals surface area contributed by atoms with Gasteiger partial charge in [-0.05, 0) is 43.7 Å². The van der Waals surface area contributed by atoms with Crippen molar-refractivity contribution < 1.29 is 31.8 Å². The molecule has 2 aliphatic rings. The minimum absolute atomic E-state index is 0.0616. The fourth-order valence-electron chi connectivity index (χ4n) is 4.24. The number of alkyl halides is 3. The van der Waals surface area contributed by atoms with Crippen molar-refractivity contribution in [3.63, 3.8) is 0 Å². The van der Waals surface area contributed by atoms with E-state index < -0.39 is 29.6 Å². The first kappa shape index (κ1) is 28.6. The largest absolute Gasteiger partial charge is 0.494 e. The number of carbonyl (C=O) groups is 1. The lowest BCUT2D eigenvalue weighted by Crippen LogP contribution is -2.25. The molecule has 0 N–H and O–H groups in total. The average molecular weight is 581 g/mol. The molecular formula is C29H24F4N6O3. The third kappa shape index (κ3) is 5.90. The van der Waals surface area contributed by atoms with Crippen LogP contribution in [0.3, 0.4) is 0 Å². The van der Waals surface area contributed by atoms with Gasteiger partial charge in [0.1, 0.15) is 23.0 Å². The molecule has 0 amide bonds. The van der Waals surface area contributed by atoms with Gasteiger partial charge in [-0.3, -0.25) is 4.68 Å². The maximum Gasteiger partial charge on any atom is 0.417 e. The highest BCUT2D eigenvalue weighted by Crippen LogP contribution is 2.38. The van der Waals surface area contributed by atoms with E-state index in [9.17, 15) is 22.4 Å². The molecule has 5 rings (SSSR count). The molecule has 9 nitrogen and oxygen atoms in total. The molecular weight excluding hydrogens is 556 g/mol. The van der Waals surface area contributed by atoms with Crippen LogP contribution in [0.5, 0.6) is 5.75 Å². The zero-order valence-corrected chi connectivity index (χ0v) is 22.5.